The average molecular weight is 332 g/mol. The minimum atomic E-state index is -4.30. The van der Waals surface area contributed by atoms with E-state index in [9.17, 15) is 13.2 Å². The maximum atomic E-state index is 13.6. The summed E-state index contributed by atoms with van der Waals surface area (Å²) in [6, 6.07) is 8.02. The molecule has 0 heterocycles. The Kier molecular flexibility index (Phi) is 5.69. The highest BCUT2D eigenvalue weighted by Gasteiger charge is 2.53. The lowest BCUT2D eigenvalue weighted by molar-refractivity contribution is -0.147. The van der Waals surface area contributed by atoms with Gasteiger partial charge in [0, 0.05) is 25.8 Å². The predicted octanol–water partition coefficient (Wildman–Crippen LogP) is 5.01. The molecule has 0 aromatic heterocycles. The zero-order valence-electron chi connectivity index (χ0n) is 13.0. The fourth-order valence-corrected chi connectivity index (χ4v) is 7.33. The van der Waals surface area contributed by atoms with Gasteiger partial charge < -0.3 is 8.85 Å². The van der Waals surface area contributed by atoms with Crippen LogP contribution in [0.25, 0.3) is 0 Å². The van der Waals surface area contributed by atoms with Crippen molar-refractivity contribution >= 4 is 8.56 Å². The van der Waals surface area contributed by atoms with Crippen LogP contribution in [0.15, 0.2) is 30.3 Å². The summed E-state index contributed by atoms with van der Waals surface area (Å²) in [5.41, 5.74) is 0.440. The lowest BCUT2D eigenvalue weighted by Gasteiger charge is -2.36. The van der Waals surface area contributed by atoms with E-state index in [1.165, 1.54) is 26.4 Å². The lowest BCUT2D eigenvalue weighted by atomic mass is 10.0. The van der Waals surface area contributed by atoms with E-state index in [0.717, 1.165) is 25.7 Å². The molecule has 22 heavy (non-hydrogen) atoms. The maximum absolute atomic E-state index is 13.6. The number of hydrogen-bond acceptors (Lipinski definition) is 2. The summed E-state index contributed by atoms with van der Waals surface area (Å²) in [5, 5.41) is 0. The van der Waals surface area contributed by atoms with Crippen LogP contribution in [0.2, 0.25) is 11.6 Å². The average Bonchev–Trinajstić information content (AvgIpc) is 3.03. The third-order valence-electron chi connectivity index (χ3n) is 4.75. The van der Waals surface area contributed by atoms with Crippen molar-refractivity contribution in [3.63, 3.8) is 0 Å². The Morgan fingerprint density at radius 2 is 1.64 bits per heavy atom. The molecule has 1 aromatic carbocycles. The SMILES string of the molecule is CO[Si](CC(c1ccccc1)C(F)(F)F)(OC)C1CCCC1. The highest BCUT2D eigenvalue weighted by Crippen LogP contribution is 2.48. The van der Waals surface area contributed by atoms with Gasteiger partial charge in [0.15, 0.2) is 0 Å². The summed E-state index contributed by atoms with van der Waals surface area (Å²) in [6.07, 6.45) is -0.377. The summed E-state index contributed by atoms with van der Waals surface area (Å²) in [4.78, 5) is 0. The molecule has 0 saturated heterocycles. The molecule has 0 aliphatic heterocycles. The second-order valence-electron chi connectivity index (χ2n) is 5.91. The van der Waals surface area contributed by atoms with E-state index in [4.69, 9.17) is 8.85 Å². The second kappa shape index (κ2) is 7.15. The van der Waals surface area contributed by atoms with E-state index in [0.29, 0.717) is 5.56 Å². The van der Waals surface area contributed by atoms with Gasteiger partial charge >= 0.3 is 14.7 Å². The minimum absolute atomic E-state index is 0.0713. The predicted molar refractivity (Wildman–Crippen MR) is 82.0 cm³/mol. The molecule has 0 amide bonds. The molecule has 2 rings (SSSR count). The van der Waals surface area contributed by atoms with Crippen LogP contribution in [0.1, 0.15) is 37.2 Å². The molecule has 1 saturated carbocycles. The van der Waals surface area contributed by atoms with Crippen LogP contribution in [0.5, 0.6) is 0 Å². The molecule has 0 spiro atoms. The molecule has 6 heteroatoms. The summed E-state index contributed by atoms with van der Waals surface area (Å²) < 4.78 is 52.1. The number of hydrogen-bond donors (Lipinski definition) is 0. The molecule has 1 aliphatic carbocycles. The monoisotopic (exact) mass is 332 g/mol. The van der Waals surface area contributed by atoms with Crippen molar-refractivity contribution in [2.24, 2.45) is 0 Å². The van der Waals surface area contributed by atoms with E-state index < -0.39 is 20.7 Å². The molecule has 0 radical (unpaired) electrons. The van der Waals surface area contributed by atoms with Crippen molar-refractivity contribution in [2.75, 3.05) is 14.2 Å². The van der Waals surface area contributed by atoms with Gasteiger partial charge in [0.25, 0.3) is 0 Å². The zero-order valence-corrected chi connectivity index (χ0v) is 14.0. The van der Waals surface area contributed by atoms with Crippen LogP contribution in [0.4, 0.5) is 13.2 Å². The smallest absolute Gasteiger partial charge is 0.395 e. The first-order valence-corrected chi connectivity index (χ1v) is 9.75. The Morgan fingerprint density at radius 1 is 1.09 bits per heavy atom. The van der Waals surface area contributed by atoms with E-state index >= 15 is 0 Å². The van der Waals surface area contributed by atoms with Gasteiger partial charge in [-0.05, 0) is 18.4 Å². The summed E-state index contributed by atoms with van der Waals surface area (Å²) in [5.74, 6) is -1.53. The maximum Gasteiger partial charge on any atom is 0.395 e. The summed E-state index contributed by atoms with van der Waals surface area (Å²) >= 11 is 0. The van der Waals surface area contributed by atoms with Crippen molar-refractivity contribution in [2.45, 2.75) is 49.4 Å². The molecule has 2 nitrogen and oxygen atoms in total. The quantitative estimate of drug-likeness (QED) is 0.682. The van der Waals surface area contributed by atoms with Crippen molar-refractivity contribution in [1.29, 1.82) is 0 Å². The van der Waals surface area contributed by atoms with Crippen molar-refractivity contribution < 1.29 is 22.0 Å². The van der Waals surface area contributed by atoms with Gasteiger partial charge in [-0.3, -0.25) is 0 Å². The Hall–Kier alpha value is -0.853. The fourth-order valence-electron chi connectivity index (χ4n) is 3.51. The van der Waals surface area contributed by atoms with Crippen LogP contribution in [-0.2, 0) is 8.85 Å². The van der Waals surface area contributed by atoms with Crippen LogP contribution in [0.3, 0.4) is 0 Å². The van der Waals surface area contributed by atoms with Crippen LogP contribution in [-0.4, -0.2) is 29.0 Å². The Morgan fingerprint density at radius 3 is 2.09 bits per heavy atom. The first-order chi connectivity index (χ1) is 10.4. The molecule has 1 fully saturated rings. The first kappa shape index (κ1) is 17.5. The molecule has 1 unspecified atom stereocenters. The summed E-state index contributed by atoms with van der Waals surface area (Å²) in [7, 11) is 0.127. The molecule has 124 valence electrons. The van der Waals surface area contributed by atoms with Gasteiger partial charge in [-0.2, -0.15) is 13.2 Å². The molecule has 0 N–H and O–H groups in total. The van der Waals surface area contributed by atoms with Gasteiger partial charge in [-0.25, -0.2) is 0 Å². The van der Waals surface area contributed by atoms with Gasteiger partial charge in [0.05, 0.1) is 5.92 Å². The third kappa shape index (κ3) is 3.72. The molecular formula is C16H23F3O2Si. The number of alkyl halides is 3. The highest BCUT2D eigenvalue weighted by molar-refractivity contribution is 6.69. The third-order valence-corrected chi connectivity index (χ3v) is 8.93. The zero-order chi connectivity index (χ0) is 16.2. The summed E-state index contributed by atoms with van der Waals surface area (Å²) in [6.45, 7) is 0. The Bertz CT molecular complexity index is 454. The Balaban J connectivity index is 2.31. The van der Waals surface area contributed by atoms with Crippen molar-refractivity contribution in [1.82, 2.24) is 0 Å². The van der Waals surface area contributed by atoms with Crippen LogP contribution < -0.4 is 0 Å². The minimum Gasteiger partial charge on any atom is -0.397 e. The van der Waals surface area contributed by atoms with Crippen molar-refractivity contribution in [3.8, 4) is 0 Å². The van der Waals surface area contributed by atoms with E-state index in [2.05, 4.69) is 0 Å². The van der Waals surface area contributed by atoms with E-state index in [-0.39, 0.29) is 11.6 Å². The van der Waals surface area contributed by atoms with E-state index in [1.54, 1.807) is 18.2 Å². The molecular weight excluding hydrogens is 309 g/mol. The molecule has 1 atom stereocenters. The highest BCUT2D eigenvalue weighted by atomic mass is 28.4. The topological polar surface area (TPSA) is 18.5 Å². The normalized spacial score (nSPS) is 18.6. The van der Waals surface area contributed by atoms with Crippen molar-refractivity contribution in [3.05, 3.63) is 35.9 Å². The lowest BCUT2D eigenvalue weighted by Crippen LogP contribution is -2.47. The van der Waals surface area contributed by atoms with Gasteiger partial charge in [0.1, 0.15) is 0 Å². The fraction of sp³-hybridized carbons (Fsp3) is 0.625. The van der Waals surface area contributed by atoms with Crippen LogP contribution in [0, 0.1) is 0 Å². The standard InChI is InChI=1S/C16H23F3O2Si/c1-20-22(21-2,14-10-6-7-11-14)12-15(16(17,18)19)13-8-4-3-5-9-13/h3-5,8-9,14-15H,6-7,10-12H2,1-2H3. The first-order valence-electron chi connectivity index (χ1n) is 7.65. The number of rotatable bonds is 6. The largest absolute Gasteiger partial charge is 0.397 e. The second-order valence-corrected chi connectivity index (χ2v) is 9.58. The van der Waals surface area contributed by atoms with Gasteiger partial charge in [-0.15, -0.1) is 0 Å². The molecule has 1 aliphatic rings. The van der Waals surface area contributed by atoms with Gasteiger partial charge in [0.2, 0.25) is 0 Å². The molecule has 0 bridgehead atoms. The molecule has 1 aromatic rings. The number of halogens is 3. The number of benzene rings is 1. The van der Waals surface area contributed by atoms with E-state index in [1.807, 2.05) is 0 Å². The van der Waals surface area contributed by atoms with Crippen LogP contribution >= 0.6 is 0 Å². The van der Waals surface area contributed by atoms with Gasteiger partial charge in [-0.1, -0.05) is 43.2 Å². The Labute approximate surface area is 130 Å².